The van der Waals surface area contributed by atoms with Crippen LogP contribution in [0.3, 0.4) is 0 Å². The van der Waals surface area contributed by atoms with E-state index in [0.717, 1.165) is 29.7 Å². The third kappa shape index (κ3) is 2.27. The Bertz CT molecular complexity index is 383. The Kier molecular flexibility index (Phi) is 2.65. The van der Waals surface area contributed by atoms with Crippen LogP contribution in [-0.4, -0.2) is 17.8 Å². The SMILES string of the molecule is COc1cc(CC2(O)CC2)cc(Cl)c1C. The Morgan fingerprint density at radius 2 is 2.13 bits per heavy atom. The molecule has 0 radical (unpaired) electrons. The van der Waals surface area contributed by atoms with Gasteiger partial charge < -0.3 is 9.84 Å². The second-order valence-electron chi connectivity index (χ2n) is 4.31. The molecule has 0 bridgehead atoms. The molecule has 0 saturated heterocycles. The van der Waals surface area contributed by atoms with Gasteiger partial charge in [-0.25, -0.2) is 0 Å². The average Bonchev–Trinajstić information content (AvgIpc) is 2.89. The summed E-state index contributed by atoms with van der Waals surface area (Å²) in [7, 11) is 1.63. The maximum absolute atomic E-state index is 9.82. The van der Waals surface area contributed by atoms with Crippen molar-refractivity contribution in [2.75, 3.05) is 7.11 Å². The first-order chi connectivity index (χ1) is 7.04. The molecule has 0 unspecified atom stereocenters. The summed E-state index contributed by atoms with van der Waals surface area (Å²) in [5.41, 5.74) is 1.51. The van der Waals surface area contributed by atoms with Crippen molar-refractivity contribution in [1.82, 2.24) is 0 Å². The van der Waals surface area contributed by atoms with Gasteiger partial charge in [-0.1, -0.05) is 11.6 Å². The van der Waals surface area contributed by atoms with Crippen molar-refractivity contribution in [3.05, 3.63) is 28.3 Å². The molecular weight excluding hydrogens is 212 g/mol. The second-order valence-corrected chi connectivity index (χ2v) is 4.71. The molecule has 0 amide bonds. The Hall–Kier alpha value is -0.730. The number of methoxy groups -OCH3 is 1. The van der Waals surface area contributed by atoms with Crippen LogP contribution < -0.4 is 4.74 Å². The molecule has 0 spiro atoms. The summed E-state index contributed by atoms with van der Waals surface area (Å²) >= 11 is 6.09. The molecule has 1 saturated carbocycles. The number of hydrogen-bond donors (Lipinski definition) is 1. The van der Waals surface area contributed by atoms with Gasteiger partial charge in [0, 0.05) is 17.0 Å². The first-order valence-corrected chi connectivity index (χ1v) is 5.47. The number of ether oxygens (including phenoxy) is 1. The zero-order chi connectivity index (χ0) is 11.1. The van der Waals surface area contributed by atoms with Crippen LogP contribution in [-0.2, 0) is 6.42 Å². The van der Waals surface area contributed by atoms with Crippen molar-refractivity contribution in [3.8, 4) is 5.75 Å². The standard InChI is InChI=1S/C12H15ClO2/c1-8-10(13)5-9(6-11(8)15-2)7-12(14)3-4-12/h5-6,14H,3-4,7H2,1-2H3. The molecule has 1 aromatic rings. The van der Waals surface area contributed by atoms with Gasteiger partial charge in [0.2, 0.25) is 0 Å². The number of halogens is 1. The van der Waals surface area contributed by atoms with Gasteiger partial charge in [-0.05, 0) is 37.5 Å². The highest BCUT2D eigenvalue weighted by atomic mass is 35.5. The van der Waals surface area contributed by atoms with Gasteiger partial charge in [0.1, 0.15) is 5.75 Å². The number of rotatable bonds is 3. The summed E-state index contributed by atoms with van der Waals surface area (Å²) in [6.45, 7) is 1.93. The summed E-state index contributed by atoms with van der Waals surface area (Å²) in [5, 5.41) is 10.5. The first-order valence-electron chi connectivity index (χ1n) is 5.09. The Morgan fingerprint density at radius 1 is 1.47 bits per heavy atom. The molecular formula is C12H15ClO2. The molecule has 0 heterocycles. The van der Waals surface area contributed by atoms with E-state index in [4.69, 9.17) is 16.3 Å². The maximum atomic E-state index is 9.82. The lowest BCUT2D eigenvalue weighted by molar-refractivity contribution is 0.151. The molecule has 2 rings (SSSR count). The summed E-state index contributed by atoms with van der Waals surface area (Å²) in [6.07, 6.45) is 2.45. The van der Waals surface area contributed by atoms with Crippen LogP contribution in [0.4, 0.5) is 0 Å². The minimum atomic E-state index is -0.483. The van der Waals surface area contributed by atoms with Crippen molar-refractivity contribution >= 4 is 11.6 Å². The Labute approximate surface area is 94.8 Å². The fraction of sp³-hybridized carbons (Fsp3) is 0.500. The molecule has 1 aromatic carbocycles. The van der Waals surface area contributed by atoms with Gasteiger partial charge in [0.25, 0.3) is 0 Å². The molecule has 1 aliphatic carbocycles. The number of benzene rings is 1. The smallest absolute Gasteiger partial charge is 0.123 e. The van der Waals surface area contributed by atoms with Crippen LogP contribution in [0, 0.1) is 6.92 Å². The normalized spacial score (nSPS) is 17.6. The van der Waals surface area contributed by atoms with E-state index in [-0.39, 0.29) is 0 Å². The van der Waals surface area contributed by atoms with Crippen molar-refractivity contribution in [2.45, 2.75) is 31.8 Å². The summed E-state index contributed by atoms with van der Waals surface area (Å²) < 4.78 is 5.24. The van der Waals surface area contributed by atoms with Crippen LogP contribution in [0.15, 0.2) is 12.1 Å². The van der Waals surface area contributed by atoms with E-state index in [2.05, 4.69) is 0 Å². The summed E-state index contributed by atoms with van der Waals surface area (Å²) in [5.74, 6) is 0.793. The Balaban J connectivity index is 2.28. The fourth-order valence-corrected chi connectivity index (χ4v) is 1.96. The van der Waals surface area contributed by atoms with Crippen LogP contribution in [0.5, 0.6) is 5.75 Å². The quantitative estimate of drug-likeness (QED) is 0.859. The summed E-state index contributed by atoms with van der Waals surface area (Å²) in [6, 6.07) is 3.87. The molecule has 1 fully saturated rings. The van der Waals surface area contributed by atoms with Crippen molar-refractivity contribution in [3.63, 3.8) is 0 Å². The minimum Gasteiger partial charge on any atom is -0.496 e. The molecule has 1 N–H and O–H groups in total. The van der Waals surface area contributed by atoms with E-state index in [1.807, 2.05) is 19.1 Å². The highest BCUT2D eigenvalue weighted by Gasteiger charge is 2.40. The highest BCUT2D eigenvalue weighted by molar-refractivity contribution is 6.31. The van der Waals surface area contributed by atoms with Gasteiger partial charge in [0.15, 0.2) is 0 Å². The van der Waals surface area contributed by atoms with E-state index >= 15 is 0 Å². The lowest BCUT2D eigenvalue weighted by Crippen LogP contribution is -2.10. The van der Waals surface area contributed by atoms with E-state index in [9.17, 15) is 5.11 Å². The lowest BCUT2D eigenvalue weighted by atomic mass is 10.0. The van der Waals surface area contributed by atoms with E-state index in [0.29, 0.717) is 11.4 Å². The highest BCUT2D eigenvalue weighted by Crippen LogP contribution is 2.39. The van der Waals surface area contributed by atoms with Gasteiger partial charge >= 0.3 is 0 Å². The van der Waals surface area contributed by atoms with Gasteiger partial charge in [-0.2, -0.15) is 0 Å². The molecule has 0 aromatic heterocycles. The zero-order valence-electron chi connectivity index (χ0n) is 9.01. The van der Waals surface area contributed by atoms with Crippen molar-refractivity contribution in [2.24, 2.45) is 0 Å². The van der Waals surface area contributed by atoms with Gasteiger partial charge in [-0.15, -0.1) is 0 Å². The molecule has 3 heteroatoms. The largest absolute Gasteiger partial charge is 0.496 e. The third-order valence-corrected chi connectivity index (χ3v) is 3.33. The van der Waals surface area contributed by atoms with E-state index in [1.165, 1.54) is 0 Å². The number of aliphatic hydroxyl groups is 1. The fourth-order valence-electron chi connectivity index (χ4n) is 1.72. The van der Waals surface area contributed by atoms with Crippen molar-refractivity contribution in [1.29, 1.82) is 0 Å². The molecule has 0 atom stereocenters. The summed E-state index contributed by atoms with van der Waals surface area (Å²) in [4.78, 5) is 0. The van der Waals surface area contributed by atoms with Gasteiger partial charge in [-0.3, -0.25) is 0 Å². The van der Waals surface area contributed by atoms with E-state index < -0.39 is 5.60 Å². The molecule has 2 nitrogen and oxygen atoms in total. The predicted octanol–water partition coefficient (Wildman–Crippen LogP) is 2.72. The second kappa shape index (κ2) is 3.69. The van der Waals surface area contributed by atoms with Crippen LogP contribution in [0.2, 0.25) is 5.02 Å². The first kappa shape index (κ1) is 10.8. The van der Waals surface area contributed by atoms with Crippen molar-refractivity contribution < 1.29 is 9.84 Å². The van der Waals surface area contributed by atoms with E-state index in [1.54, 1.807) is 7.11 Å². The molecule has 1 aliphatic rings. The average molecular weight is 227 g/mol. The maximum Gasteiger partial charge on any atom is 0.123 e. The molecule has 0 aliphatic heterocycles. The van der Waals surface area contributed by atoms with Crippen LogP contribution in [0.25, 0.3) is 0 Å². The molecule has 15 heavy (non-hydrogen) atoms. The van der Waals surface area contributed by atoms with Crippen LogP contribution in [0.1, 0.15) is 24.0 Å². The molecule has 82 valence electrons. The Morgan fingerprint density at radius 3 is 2.67 bits per heavy atom. The minimum absolute atomic E-state index is 0.483. The van der Waals surface area contributed by atoms with Gasteiger partial charge in [0.05, 0.1) is 12.7 Å². The third-order valence-electron chi connectivity index (χ3n) is 2.94. The predicted molar refractivity (Wildman–Crippen MR) is 60.6 cm³/mol. The number of hydrogen-bond acceptors (Lipinski definition) is 2. The topological polar surface area (TPSA) is 29.5 Å². The monoisotopic (exact) mass is 226 g/mol. The lowest BCUT2D eigenvalue weighted by Gasteiger charge is -2.12. The van der Waals surface area contributed by atoms with Crippen LogP contribution >= 0.6 is 11.6 Å². The zero-order valence-corrected chi connectivity index (χ0v) is 9.77.